The summed E-state index contributed by atoms with van der Waals surface area (Å²) in [5, 5.41) is 18.1. The summed E-state index contributed by atoms with van der Waals surface area (Å²) in [6.07, 6.45) is 1.05. The van der Waals surface area contributed by atoms with Crippen LogP contribution in [0, 0.1) is 0 Å². The quantitative estimate of drug-likeness (QED) is 0.392. The minimum Gasteiger partial charge on any atom is -0.497 e. The van der Waals surface area contributed by atoms with Gasteiger partial charge in [0.2, 0.25) is 0 Å². The van der Waals surface area contributed by atoms with E-state index < -0.39 is 6.10 Å². The smallest absolute Gasteiger partial charge is 0.191 e. The first kappa shape index (κ1) is 21.4. The van der Waals surface area contributed by atoms with Crippen LogP contribution in [0.1, 0.15) is 24.2 Å². The Balaban J connectivity index is 1.71. The van der Waals surface area contributed by atoms with Crippen molar-refractivity contribution in [3.8, 4) is 11.5 Å². The Kier molecular flexibility index (Phi) is 7.45. The van der Waals surface area contributed by atoms with Gasteiger partial charge in [0, 0.05) is 30.7 Å². The number of ether oxygens (including phenoxy) is 2. The molecule has 2 aromatic carbocycles. The third-order valence-electron chi connectivity index (χ3n) is 4.71. The average Bonchev–Trinajstić information content (AvgIpc) is 2.80. The summed E-state index contributed by atoms with van der Waals surface area (Å²) in [5.74, 6) is 1.90. The molecule has 30 heavy (non-hydrogen) atoms. The molecule has 0 aliphatic heterocycles. The number of pyridine rings is 1. The molecule has 0 spiro atoms. The molecule has 1 aromatic heterocycles. The molecule has 0 bridgehead atoms. The lowest BCUT2D eigenvalue weighted by Gasteiger charge is -2.17. The van der Waals surface area contributed by atoms with Crippen molar-refractivity contribution in [2.45, 2.75) is 19.6 Å². The topological polar surface area (TPSA) is 88.0 Å². The first-order valence-electron chi connectivity index (χ1n) is 9.90. The number of fused-ring (bicyclic) bond motifs is 1. The van der Waals surface area contributed by atoms with Gasteiger partial charge in [-0.15, -0.1) is 0 Å². The van der Waals surface area contributed by atoms with Gasteiger partial charge < -0.3 is 25.2 Å². The summed E-state index contributed by atoms with van der Waals surface area (Å²) in [6.45, 7) is 3.51. The molecular weight excluding hydrogens is 380 g/mol. The average molecular weight is 409 g/mol. The number of methoxy groups -OCH3 is 2. The Morgan fingerprint density at radius 2 is 1.80 bits per heavy atom. The molecule has 0 saturated carbocycles. The van der Waals surface area contributed by atoms with Crippen LogP contribution in [-0.2, 0) is 6.54 Å². The normalized spacial score (nSPS) is 12.5. The van der Waals surface area contributed by atoms with Crippen molar-refractivity contribution in [1.82, 2.24) is 15.6 Å². The molecule has 0 aliphatic carbocycles. The summed E-state index contributed by atoms with van der Waals surface area (Å²) in [7, 11) is 3.17. The zero-order valence-electron chi connectivity index (χ0n) is 17.6. The summed E-state index contributed by atoms with van der Waals surface area (Å²) in [4.78, 5) is 9.07. The van der Waals surface area contributed by atoms with Gasteiger partial charge in [0.25, 0.3) is 0 Å². The highest BCUT2D eigenvalue weighted by Gasteiger charge is 2.12. The molecular formula is C23H28N4O3. The first-order chi connectivity index (χ1) is 14.6. The highest BCUT2D eigenvalue weighted by atomic mass is 16.5. The Bertz CT molecular complexity index is 979. The molecule has 3 N–H and O–H groups in total. The lowest BCUT2D eigenvalue weighted by molar-refractivity contribution is 0.180. The number of aliphatic hydroxyl groups is 1. The molecule has 7 nitrogen and oxygen atoms in total. The van der Waals surface area contributed by atoms with Gasteiger partial charge in [0.15, 0.2) is 5.96 Å². The molecule has 7 heteroatoms. The van der Waals surface area contributed by atoms with E-state index in [1.165, 1.54) is 0 Å². The zero-order valence-corrected chi connectivity index (χ0v) is 17.6. The van der Waals surface area contributed by atoms with Gasteiger partial charge >= 0.3 is 0 Å². The molecule has 0 saturated heterocycles. The van der Waals surface area contributed by atoms with Crippen LogP contribution >= 0.6 is 0 Å². The fourth-order valence-electron chi connectivity index (χ4n) is 3.13. The maximum atomic E-state index is 10.6. The number of nitrogens with one attached hydrogen (secondary N) is 2. The van der Waals surface area contributed by atoms with Crippen LogP contribution < -0.4 is 20.1 Å². The molecule has 158 valence electrons. The predicted octanol–water partition coefficient (Wildman–Crippen LogP) is 3.04. The standard InChI is InChI=1S/C23H28N4O3/c1-4-24-23(26-14-16-9-10-25-21-8-6-5-7-20(16)21)27-15-22(28)17-11-18(29-2)13-19(12-17)30-3/h5-13,22,28H,4,14-15H2,1-3H3,(H2,24,26,27). The second-order valence-corrected chi connectivity index (χ2v) is 6.73. The number of aromatic nitrogens is 1. The SMILES string of the molecule is CCNC(=NCc1ccnc2ccccc12)NCC(O)c1cc(OC)cc(OC)c1. The summed E-state index contributed by atoms with van der Waals surface area (Å²) >= 11 is 0. The minimum atomic E-state index is -0.750. The van der Waals surface area contributed by atoms with Gasteiger partial charge in [-0.3, -0.25) is 4.98 Å². The van der Waals surface area contributed by atoms with Crippen molar-refractivity contribution in [3.63, 3.8) is 0 Å². The van der Waals surface area contributed by atoms with E-state index in [-0.39, 0.29) is 0 Å². The maximum Gasteiger partial charge on any atom is 0.191 e. The monoisotopic (exact) mass is 408 g/mol. The maximum absolute atomic E-state index is 10.6. The van der Waals surface area contributed by atoms with E-state index >= 15 is 0 Å². The van der Waals surface area contributed by atoms with Crippen molar-refractivity contribution in [2.24, 2.45) is 4.99 Å². The van der Waals surface area contributed by atoms with E-state index in [9.17, 15) is 5.11 Å². The van der Waals surface area contributed by atoms with Gasteiger partial charge in [-0.25, -0.2) is 4.99 Å². The summed E-state index contributed by atoms with van der Waals surface area (Å²) in [5.41, 5.74) is 2.75. The van der Waals surface area contributed by atoms with E-state index in [2.05, 4.69) is 20.6 Å². The van der Waals surface area contributed by atoms with Gasteiger partial charge in [0.05, 0.1) is 32.4 Å². The molecule has 0 radical (unpaired) electrons. The zero-order chi connectivity index (χ0) is 21.3. The van der Waals surface area contributed by atoms with Crippen molar-refractivity contribution in [1.29, 1.82) is 0 Å². The van der Waals surface area contributed by atoms with Crippen LogP contribution in [0.5, 0.6) is 11.5 Å². The van der Waals surface area contributed by atoms with Crippen molar-refractivity contribution >= 4 is 16.9 Å². The van der Waals surface area contributed by atoms with Crippen LogP contribution in [0.2, 0.25) is 0 Å². The second kappa shape index (κ2) is 10.5. The fraction of sp³-hybridized carbons (Fsp3) is 0.304. The third kappa shape index (κ3) is 5.39. The number of aliphatic hydroxyl groups excluding tert-OH is 1. The number of para-hydroxylation sites is 1. The van der Waals surface area contributed by atoms with E-state index in [0.29, 0.717) is 42.7 Å². The Morgan fingerprint density at radius 1 is 1.07 bits per heavy atom. The van der Waals surface area contributed by atoms with E-state index in [0.717, 1.165) is 16.5 Å². The largest absolute Gasteiger partial charge is 0.497 e. The molecule has 1 unspecified atom stereocenters. The van der Waals surface area contributed by atoms with Gasteiger partial charge in [-0.05, 0) is 42.3 Å². The predicted molar refractivity (Wildman–Crippen MR) is 119 cm³/mol. The molecule has 3 aromatic rings. The highest BCUT2D eigenvalue weighted by Crippen LogP contribution is 2.26. The fourth-order valence-corrected chi connectivity index (χ4v) is 3.13. The van der Waals surface area contributed by atoms with Crippen molar-refractivity contribution < 1.29 is 14.6 Å². The lowest BCUT2D eigenvalue weighted by Crippen LogP contribution is -2.39. The number of hydrogen-bond acceptors (Lipinski definition) is 5. The number of rotatable bonds is 8. The minimum absolute atomic E-state index is 0.291. The van der Waals surface area contributed by atoms with E-state index in [1.807, 2.05) is 37.3 Å². The molecule has 0 amide bonds. The number of benzene rings is 2. The van der Waals surface area contributed by atoms with Gasteiger partial charge in [0.1, 0.15) is 11.5 Å². The van der Waals surface area contributed by atoms with Crippen LogP contribution in [0.25, 0.3) is 10.9 Å². The van der Waals surface area contributed by atoms with Gasteiger partial charge in [-0.2, -0.15) is 0 Å². The second-order valence-electron chi connectivity index (χ2n) is 6.73. The molecule has 1 atom stereocenters. The number of nitrogens with zero attached hydrogens (tertiary/aromatic N) is 2. The highest BCUT2D eigenvalue weighted by molar-refractivity contribution is 5.83. The van der Waals surface area contributed by atoms with E-state index in [4.69, 9.17) is 9.47 Å². The number of guanidine groups is 1. The van der Waals surface area contributed by atoms with Crippen molar-refractivity contribution in [2.75, 3.05) is 27.3 Å². The molecule has 0 aliphatic rings. The molecule has 0 fully saturated rings. The molecule has 1 heterocycles. The van der Waals surface area contributed by atoms with Crippen LogP contribution in [0.15, 0.2) is 59.7 Å². The lowest BCUT2D eigenvalue weighted by atomic mass is 10.1. The van der Waals surface area contributed by atoms with Crippen molar-refractivity contribution in [3.05, 3.63) is 65.9 Å². The number of aliphatic imine (C=N–C) groups is 1. The summed E-state index contributed by atoms with van der Waals surface area (Å²) < 4.78 is 10.6. The molecule has 3 rings (SSSR count). The van der Waals surface area contributed by atoms with Crippen LogP contribution in [0.4, 0.5) is 0 Å². The van der Waals surface area contributed by atoms with E-state index in [1.54, 1.807) is 38.6 Å². The van der Waals surface area contributed by atoms with Gasteiger partial charge in [-0.1, -0.05) is 18.2 Å². The summed E-state index contributed by atoms with van der Waals surface area (Å²) in [6, 6.07) is 15.4. The Labute approximate surface area is 176 Å². The Morgan fingerprint density at radius 3 is 2.50 bits per heavy atom. The van der Waals surface area contributed by atoms with Crippen LogP contribution in [0.3, 0.4) is 0 Å². The Hall–Kier alpha value is -3.32. The first-order valence-corrected chi connectivity index (χ1v) is 9.90. The number of hydrogen-bond donors (Lipinski definition) is 3. The third-order valence-corrected chi connectivity index (χ3v) is 4.71. The van der Waals surface area contributed by atoms with Crippen LogP contribution in [-0.4, -0.2) is 43.4 Å².